The molecule has 7 heteroatoms. The van der Waals surface area contributed by atoms with Crippen molar-refractivity contribution in [1.82, 2.24) is 4.98 Å². The molecule has 0 saturated carbocycles. The number of anilines is 2. The van der Waals surface area contributed by atoms with E-state index in [9.17, 15) is 9.59 Å². The molecule has 1 aliphatic rings. The highest BCUT2D eigenvalue weighted by molar-refractivity contribution is 7.19. The molecule has 0 atom stereocenters. The number of thiazole rings is 1. The molecule has 1 aromatic heterocycles. The number of ether oxygens (including phenoxy) is 1. The summed E-state index contributed by atoms with van der Waals surface area (Å²) in [7, 11) is 0. The molecule has 154 valence electrons. The normalized spacial score (nSPS) is 14.2. The molecule has 1 N–H and O–H groups in total. The molecule has 2 aromatic carbocycles. The molecule has 30 heavy (non-hydrogen) atoms. The fraction of sp³-hybridized carbons (Fsp3) is 0.261. The molecule has 0 spiro atoms. The van der Waals surface area contributed by atoms with Crippen LogP contribution < -0.4 is 10.2 Å². The summed E-state index contributed by atoms with van der Waals surface area (Å²) in [5.74, 6) is -0.952. The van der Waals surface area contributed by atoms with E-state index in [0.717, 1.165) is 23.3 Å². The Labute approximate surface area is 179 Å². The highest BCUT2D eigenvalue weighted by atomic mass is 32.1. The summed E-state index contributed by atoms with van der Waals surface area (Å²) in [6, 6.07) is 15.5. The summed E-state index contributed by atoms with van der Waals surface area (Å²) in [4.78, 5) is 30.7. The van der Waals surface area contributed by atoms with Crippen LogP contribution in [-0.4, -0.2) is 36.6 Å². The summed E-state index contributed by atoms with van der Waals surface area (Å²) < 4.78 is 6.07. The lowest BCUT2D eigenvalue weighted by Crippen LogP contribution is -2.29. The number of fused-ring (bicyclic) bond motifs is 1. The standard InChI is InChI=1S/C23H23N3O3S/c27-21(24-17-8-10-18(11-9-17)26-14-4-1-5-15-26)16-29-23(28)13-12-22-25-19-6-2-3-7-20(19)30-22/h2-3,6-13H,1,4-5,14-16H2,(H,24,27)/b13-12+. The van der Waals surface area contributed by atoms with Crippen LogP contribution in [0.15, 0.2) is 54.6 Å². The number of aromatic nitrogens is 1. The number of benzene rings is 2. The van der Waals surface area contributed by atoms with E-state index in [1.807, 2.05) is 48.5 Å². The van der Waals surface area contributed by atoms with E-state index in [4.69, 9.17) is 4.74 Å². The number of carbonyl (C=O) groups is 2. The van der Waals surface area contributed by atoms with E-state index in [-0.39, 0.29) is 12.5 Å². The van der Waals surface area contributed by atoms with Crippen molar-refractivity contribution in [3.63, 3.8) is 0 Å². The second kappa shape index (κ2) is 9.54. The minimum Gasteiger partial charge on any atom is -0.452 e. The molecule has 1 aliphatic heterocycles. The second-order valence-electron chi connectivity index (χ2n) is 7.10. The van der Waals surface area contributed by atoms with Gasteiger partial charge in [0.2, 0.25) is 0 Å². The molecule has 2 heterocycles. The van der Waals surface area contributed by atoms with Crippen LogP contribution in [0.4, 0.5) is 11.4 Å². The highest BCUT2D eigenvalue weighted by Crippen LogP contribution is 2.23. The van der Waals surface area contributed by atoms with E-state index < -0.39 is 5.97 Å². The van der Waals surface area contributed by atoms with Crippen LogP contribution in [-0.2, 0) is 14.3 Å². The lowest BCUT2D eigenvalue weighted by Gasteiger charge is -2.28. The van der Waals surface area contributed by atoms with Gasteiger partial charge >= 0.3 is 5.97 Å². The number of para-hydroxylation sites is 1. The summed E-state index contributed by atoms with van der Waals surface area (Å²) >= 11 is 1.49. The van der Waals surface area contributed by atoms with Crippen LogP contribution in [0.25, 0.3) is 16.3 Å². The van der Waals surface area contributed by atoms with Crippen molar-refractivity contribution in [2.45, 2.75) is 19.3 Å². The van der Waals surface area contributed by atoms with Crippen molar-refractivity contribution in [3.05, 3.63) is 59.6 Å². The van der Waals surface area contributed by atoms with Gasteiger partial charge in [0.15, 0.2) is 6.61 Å². The number of esters is 1. The first-order valence-electron chi connectivity index (χ1n) is 10.0. The van der Waals surface area contributed by atoms with Gasteiger partial charge in [-0.2, -0.15) is 0 Å². The van der Waals surface area contributed by atoms with Crippen LogP contribution in [0.1, 0.15) is 24.3 Å². The number of carbonyl (C=O) groups excluding carboxylic acids is 2. The topological polar surface area (TPSA) is 71.5 Å². The maximum Gasteiger partial charge on any atom is 0.331 e. The van der Waals surface area contributed by atoms with Gasteiger partial charge in [-0.05, 0) is 61.7 Å². The van der Waals surface area contributed by atoms with Crippen LogP contribution >= 0.6 is 11.3 Å². The van der Waals surface area contributed by atoms with Crippen molar-refractivity contribution in [1.29, 1.82) is 0 Å². The smallest absolute Gasteiger partial charge is 0.331 e. The Bertz CT molecular complexity index is 1020. The SMILES string of the molecule is O=C(COC(=O)/C=C/c1nc2ccccc2s1)Nc1ccc(N2CCCCC2)cc1. The van der Waals surface area contributed by atoms with Crippen molar-refractivity contribution < 1.29 is 14.3 Å². The largest absolute Gasteiger partial charge is 0.452 e. The predicted octanol–water partition coefficient (Wildman–Crippen LogP) is 4.48. The maximum atomic E-state index is 12.1. The Balaban J connectivity index is 1.24. The first-order chi connectivity index (χ1) is 14.7. The molecule has 1 saturated heterocycles. The lowest BCUT2D eigenvalue weighted by molar-refractivity contribution is -0.142. The predicted molar refractivity (Wildman–Crippen MR) is 121 cm³/mol. The number of hydrogen-bond acceptors (Lipinski definition) is 6. The fourth-order valence-electron chi connectivity index (χ4n) is 3.39. The van der Waals surface area contributed by atoms with Gasteiger partial charge in [-0.25, -0.2) is 9.78 Å². The molecule has 0 bridgehead atoms. The minimum atomic E-state index is -0.579. The van der Waals surface area contributed by atoms with Crippen molar-refractivity contribution >= 4 is 50.9 Å². The molecular formula is C23H23N3O3S. The Hall–Kier alpha value is -3.19. The zero-order valence-corrected chi connectivity index (χ0v) is 17.4. The summed E-state index contributed by atoms with van der Waals surface area (Å²) in [5.41, 5.74) is 2.74. The zero-order valence-electron chi connectivity index (χ0n) is 16.5. The summed E-state index contributed by atoms with van der Waals surface area (Å²) in [5, 5.41) is 3.46. The zero-order chi connectivity index (χ0) is 20.8. The van der Waals surface area contributed by atoms with Gasteiger partial charge in [0.1, 0.15) is 5.01 Å². The molecule has 0 unspecified atom stereocenters. The third-order valence-corrected chi connectivity index (χ3v) is 5.89. The van der Waals surface area contributed by atoms with E-state index in [0.29, 0.717) is 10.7 Å². The Morgan fingerprint density at radius 3 is 2.60 bits per heavy atom. The third kappa shape index (κ3) is 5.24. The number of nitrogens with zero attached hydrogens (tertiary/aromatic N) is 2. The molecule has 1 fully saturated rings. The number of piperidine rings is 1. The summed E-state index contributed by atoms with van der Waals surface area (Å²) in [6.07, 6.45) is 6.62. The Morgan fingerprint density at radius 2 is 1.83 bits per heavy atom. The van der Waals surface area contributed by atoms with E-state index in [1.54, 1.807) is 6.08 Å². The molecular weight excluding hydrogens is 398 g/mol. The lowest BCUT2D eigenvalue weighted by atomic mass is 10.1. The molecule has 1 amide bonds. The van der Waals surface area contributed by atoms with Crippen LogP contribution in [0, 0.1) is 0 Å². The molecule has 0 aliphatic carbocycles. The van der Waals surface area contributed by atoms with Gasteiger partial charge < -0.3 is 15.0 Å². The van der Waals surface area contributed by atoms with E-state index >= 15 is 0 Å². The number of amides is 1. The maximum absolute atomic E-state index is 12.1. The Kier molecular flexibility index (Phi) is 6.39. The summed E-state index contributed by atoms with van der Waals surface area (Å²) in [6.45, 7) is 1.81. The molecule has 3 aromatic rings. The quantitative estimate of drug-likeness (QED) is 0.469. The molecule has 0 radical (unpaired) electrons. The highest BCUT2D eigenvalue weighted by Gasteiger charge is 2.11. The number of nitrogens with one attached hydrogen (secondary N) is 1. The van der Waals surface area contributed by atoms with Crippen LogP contribution in [0.5, 0.6) is 0 Å². The third-order valence-electron chi connectivity index (χ3n) is 4.89. The van der Waals surface area contributed by atoms with Crippen molar-refractivity contribution in [2.75, 3.05) is 29.9 Å². The van der Waals surface area contributed by atoms with Gasteiger partial charge in [0.05, 0.1) is 10.2 Å². The second-order valence-corrected chi connectivity index (χ2v) is 8.17. The minimum absolute atomic E-state index is 0.336. The van der Waals surface area contributed by atoms with Crippen LogP contribution in [0.3, 0.4) is 0 Å². The van der Waals surface area contributed by atoms with Gasteiger partial charge in [-0.3, -0.25) is 4.79 Å². The monoisotopic (exact) mass is 421 g/mol. The van der Waals surface area contributed by atoms with Crippen molar-refractivity contribution in [3.8, 4) is 0 Å². The van der Waals surface area contributed by atoms with Gasteiger partial charge in [-0.1, -0.05) is 12.1 Å². The average molecular weight is 422 g/mol. The van der Waals surface area contributed by atoms with Crippen LogP contribution in [0.2, 0.25) is 0 Å². The van der Waals surface area contributed by atoms with E-state index in [1.165, 1.54) is 42.4 Å². The number of hydrogen-bond donors (Lipinski definition) is 1. The van der Waals surface area contributed by atoms with Gasteiger partial charge in [0, 0.05) is 30.5 Å². The fourth-order valence-corrected chi connectivity index (χ4v) is 4.26. The average Bonchev–Trinajstić information content (AvgIpc) is 3.20. The first kappa shape index (κ1) is 20.1. The van der Waals surface area contributed by atoms with E-state index in [2.05, 4.69) is 15.2 Å². The first-order valence-corrected chi connectivity index (χ1v) is 10.8. The Morgan fingerprint density at radius 1 is 1.07 bits per heavy atom. The number of rotatable bonds is 6. The van der Waals surface area contributed by atoms with Gasteiger partial charge in [0.25, 0.3) is 5.91 Å². The molecule has 6 nitrogen and oxygen atoms in total. The van der Waals surface area contributed by atoms with Crippen molar-refractivity contribution in [2.24, 2.45) is 0 Å². The van der Waals surface area contributed by atoms with Gasteiger partial charge in [-0.15, -0.1) is 11.3 Å². The molecule has 4 rings (SSSR count).